The van der Waals surface area contributed by atoms with Crippen molar-refractivity contribution in [1.29, 1.82) is 0 Å². The fraction of sp³-hybridized carbons (Fsp3) is 0. The first-order valence-corrected chi connectivity index (χ1v) is 6.90. The van der Waals surface area contributed by atoms with Crippen LogP contribution in [0.3, 0.4) is 0 Å². The second-order valence-corrected chi connectivity index (χ2v) is 4.84. The zero-order chi connectivity index (χ0) is 15.4. The highest BCUT2D eigenvalue weighted by molar-refractivity contribution is 5.72. The van der Waals surface area contributed by atoms with E-state index in [1.54, 1.807) is 18.2 Å². The van der Waals surface area contributed by atoms with Gasteiger partial charge in [0.2, 0.25) is 0 Å². The van der Waals surface area contributed by atoms with Gasteiger partial charge in [0.25, 0.3) is 5.69 Å². The van der Waals surface area contributed by atoms with Crippen molar-refractivity contribution in [1.82, 2.24) is 0 Å². The SMILES string of the molecule is O=[N+]([O-])c1ccccc1Nc1ccc(-c2ccccc2)cc1. The molecule has 0 aliphatic rings. The van der Waals surface area contributed by atoms with Gasteiger partial charge in [0.1, 0.15) is 5.69 Å². The first-order valence-electron chi connectivity index (χ1n) is 6.90. The van der Waals surface area contributed by atoms with E-state index in [0.717, 1.165) is 16.8 Å². The van der Waals surface area contributed by atoms with Crippen LogP contribution >= 0.6 is 0 Å². The third-order valence-corrected chi connectivity index (χ3v) is 3.37. The summed E-state index contributed by atoms with van der Waals surface area (Å²) in [7, 11) is 0. The molecule has 3 aromatic rings. The molecule has 3 aromatic carbocycles. The van der Waals surface area contributed by atoms with Gasteiger partial charge in [-0.2, -0.15) is 0 Å². The molecule has 0 bridgehead atoms. The van der Waals surface area contributed by atoms with E-state index in [1.165, 1.54) is 6.07 Å². The molecule has 3 rings (SSSR count). The van der Waals surface area contributed by atoms with Crippen LogP contribution in [-0.2, 0) is 0 Å². The normalized spacial score (nSPS) is 10.2. The second kappa shape index (κ2) is 6.10. The zero-order valence-electron chi connectivity index (χ0n) is 11.8. The Morgan fingerprint density at radius 1 is 0.727 bits per heavy atom. The number of anilines is 2. The molecule has 0 fully saturated rings. The summed E-state index contributed by atoms with van der Waals surface area (Å²) in [6, 6.07) is 24.5. The minimum absolute atomic E-state index is 0.0645. The third kappa shape index (κ3) is 2.96. The van der Waals surface area contributed by atoms with Gasteiger partial charge in [0, 0.05) is 11.8 Å². The lowest BCUT2D eigenvalue weighted by Gasteiger charge is -2.08. The van der Waals surface area contributed by atoms with Crippen molar-refractivity contribution in [2.75, 3.05) is 5.32 Å². The average Bonchev–Trinajstić information content (AvgIpc) is 2.57. The van der Waals surface area contributed by atoms with E-state index in [9.17, 15) is 10.1 Å². The predicted molar refractivity (Wildman–Crippen MR) is 88.3 cm³/mol. The Morgan fingerprint density at radius 2 is 1.32 bits per heavy atom. The summed E-state index contributed by atoms with van der Waals surface area (Å²) in [4.78, 5) is 10.6. The molecule has 0 atom stereocenters. The molecule has 0 heterocycles. The molecule has 0 aromatic heterocycles. The van der Waals surface area contributed by atoms with E-state index in [-0.39, 0.29) is 10.6 Å². The number of nitro groups is 1. The minimum Gasteiger partial charge on any atom is -0.350 e. The van der Waals surface area contributed by atoms with E-state index in [4.69, 9.17) is 0 Å². The summed E-state index contributed by atoms with van der Waals surface area (Å²) < 4.78 is 0. The molecule has 4 nitrogen and oxygen atoms in total. The van der Waals surface area contributed by atoms with Crippen molar-refractivity contribution >= 4 is 17.1 Å². The molecule has 0 saturated heterocycles. The quantitative estimate of drug-likeness (QED) is 0.543. The van der Waals surface area contributed by atoms with E-state index in [2.05, 4.69) is 5.32 Å². The first kappa shape index (κ1) is 13.8. The van der Waals surface area contributed by atoms with Gasteiger partial charge in [0.05, 0.1) is 4.92 Å². The standard InChI is InChI=1S/C18H14N2O2/c21-20(22)18-9-5-4-8-17(18)19-16-12-10-15(11-13-16)14-6-2-1-3-7-14/h1-13,19H. The molecule has 0 aliphatic carbocycles. The van der Waals surface area contributed by atoms with Crippen LogP contribution in [0.25, 0.3) is 11.1 Å². The number of nitro benzene ring substituents is 1. The minimum atomic E-state index is -0.388. The van der Waals surface area contributed by atoms with E-state index >= 15 is 0 Å². The summed E-state index contributed by atoms with van der Waals surface area (Å²) >= 11 is 0. The van der Waals surface area contributed by atoms with Crippen molar-refractivity contribution in [2.24, 2.45) is 0 Å². The topological polar surface area (TPSA) is 55.2 Å². The lowest BCUT2D eigenvalue weighted by atomic mass is 10.1. The molecular formula is C18H14N2O2. The number of hydrogen-bond acceptors (Lipinski definition) is 3. The fourth-order valence-corrected chi connectivity index (χ4v) is 2.27. The maximum atomic E-state index is 11.0. The fourth-order valence-electron chi connectivity index (χ4n) is 2.27. The van der Waals surface area contributed by atoms with Gasteiger partial charge in [-0.15, -0.1) is 0 Å². The van der Waals surface area contributed by atoms with Crippen LogP contribution in [0.5, 0.6) is 0 Å². The maximum absolute atomic E-state index is 11.0. The van der Waals surface area contributed by atoms with E-state index in [1.807, 2.05) is 54.6 Å². The van der Waals surface area contributed by atoms with Crippen molar-refractivity contribution in [3.05, 3.63) is 89.0 Å². The molecule has 0 radical (unpaired) electrons. The molecule has 4 heteroatoms. The Kier molecular flexibility index (Phi) is 3.83. The summed E-state index contributed by atoms with van der Waals surface area (Å²) in [5.74, 6) is 0. The van der Waals surface area contributed by atoms with Crippen LogP contribution < -0.4 is 5.32 Å². The molecule has 0 saturated carbocycles. The van der Waals surface area contributed by atoms with Crippen molar-refractivity contribution in [3.8, 4) is 11.1 Å². The molecule has 22 heavy (non-hydrogen) atoms. The predicted octanol–water partition coefficient (Wildman–Crippen LogP) is 5.01. The summed E-state index contributed by atoms with van der Waals surface area (Å²) in [6.07, 6.45) is 0. The van der Waals surface area contributed by atoms with E-state index in [0.29, 0.717) is 5.69 Å². The highest BCUT2D eigenvalue weighted by atomic mass is 16.6. The van der Waals surface area contributed by atoms with Crippen molar-refractivity contribution < 1.29 is 4.92 Å². The number of nitrogens with zero attached hydrogens (tertiary/aromatic N) is 1. The lowest BCUT2D eigenvalue weighted by molar-refractivity contribution is -0.383. The van der Waals surface area contributed by atoms with Gasteiger partial charge in [-0.05, 0) is 29.3 Å². The molecular weight excluding hydrogens is 276 g/mol. The van der Waals surface area contributed by atoms with Gasteiger partial charge >= 0.3 is 0 Å². The molecule has 0 unspecified atom stereocenters. The highest BCUT2D eigenvalue weighted by Gasteiger charge is 2.12. The Balaban J connectivity index is 1.84. The maximum Gasteiger partial charge on any atom is 0.292 e. The first-order chi connectivity index (χ1) is 10.7. The average molecular weight is 290 g/mol. The van der Waals surface area contributed by atoms with Crippen LogP contribution in [0.15, 0.2) is 78.9 Å². The van der Waals surface area contributed by atoms with Crippen molar-refractivity contribution in [3.63, 3.8) is 0 Å². The third-order valence-electron chi connectivity index (χ3n) is 3.37. The van der Waals surface area contributed by atoms with Gasteiger partial charge in [-0.25, -0.2) is 0 Å². The molecule has 0 aliphatic heterocycles. The van der Waals surface area contributed by atoms with Gasteiger partial charge < -0.3 is 5.32 Å². The summed E-state index contributed by atoms with van der Waals surface area (Å²) in [5, 5.41) is 14.1. The Bertz CT molecular complexity index is 784. The summed E-state index contributed by atoms with van der Waals surface area (Å²) in [6.45, 7) is 0. The van der Waals surface area contributed by atoms with Crippen LogP contribution in [0, 0.1) is 10.1 Å². The molecule has 1 N–H and O–H groups in total. The number of nitrogens with one attached hydrogen (secondary N) is 1. The van der Waals surface area contributed by atoms with Gasteiger partial charge in [-0.1, -0.05) is 54.6 Å². The zero-order valence-corrected chi connectivity index (χ0v) is 11.8. The number of rotatable bonds is 4. The number of benzene rings is 3. The van der Waals surface area contributed by atoms with Crippen molar-refractivity contribution in [2.45, 2.75) is 0 Å². The van der Waals surface area contributed by atoms with Gasteiger partial charge in [0.15, 0.2) is 0 Å². The molecule has 0 amide bonds. The second-order valence-electron chi connectivity index (χ2n) is 4.84. The van der Waals surface area contributed by atoms with Gasteiger partial charge in [-0.3, -0.25) is 10.1 Å². The highest BCUT2D eigenvalue weighted by Crippen LogP contribution is 2.28. The number of para-hydroxylation sites is 2. The Labute approximate surface area is 128 Å². The monoisotopic (exact) mass is 290 g/mol. The smallest absolute Gasteiger partial charge is 0.292 e. The van der Waals surface area contributed by atoms with E-state index < -0.39 is 0 Å². The largest absolute Gasteiger partial charge is 0.350 e. The van der Waals surface area contributed by atoms with Crippen LogP contribution in [0.1, 0.15) is 0 Å². The van der Waals surface area contributed by atoms with Crippen LogP contribution in [0.4, 0.5) is 17.1 Å². The summed E-state index contributed by atoms with van der Waals surface area (Å²) in [5.41, 5.74) is 3.61. The van der Waals surface area contributed by atoms with Crippen LogP contribution in [0.2, 0.25) is 0 Å². The Hall–Kier alpha value is -3.14. The molecule has 0 spiro atoms. The lowest BCUT2D eigenvalue weighted by Crippen LogP contribution is -1.96. The van der Waals surface area contributed by atoms with Crippen LogP contribution in [-0.4, -0.2) is 4.92 Å². The molecule has 108 valence electrons. The number of hydrogen-bond donors (Lipinski definition) is 1. The Morgan fingerprint density at radius 3 is 2.00 bits per heavy atom.